The maximum absolute atomic E-state index is 13.0. The van der Waals surface area contributed by atoms with E-state index in [1.807, 2.05) is 6.07 Å². The van der Waals surface area contributed by atoms with Gasteiger partial charge in [-0.1, -0.05) is 0 Å². The molecule has 1 aliphatic heterocycles. The number of aryl methyl sites for hydroxylation is 1. The van der Waals surface area contributed by atoms with Crippen LogP contribution in [-0.4, -0.2) is 9.67 Å². The van der Waals surface area contributed by atoms with Gasteiger partial charge < -0.3 is 9.67 Å². The van der Waals surface area contributed by atoms with Crippen molar-refractivity contribution in [1.82, 2.24) is 4.57 Å². The van der Waals surface area contributed by atoms with Crippen LogP contribution in [-0.2, 0) is 6.54 Å². The highest BCUT2D eigenvalue weighted by Gasteiger charge is 2.20. The first-order valence-corrected chi connectivity index (χ1v) is 5.22. The smallest absolute Gasteiger partial charge is 0.123 e. The van der Waals surface area contributed by atoms with Crippen molar-refractivity contribution in [3.63, 3.8) is 0 Å². The Morgan fingerprint density at radius 1 is 1.33 bits per heavy atom. The Hall–Kier alpha value is -1.35. The molecule has 1 atom stereocenters. The average Bonchev–Trinajstić information content (AvgIpc) is 2.57. The normalized spacial score (nSPS) is 20.5. The second-order valence-electron chi connectivity index (χ2n) is 4.08. The summed E-state index contributed by atoms with van der Waals surface area (Å²) < 4.78 is 15.1. The molecule has 0 fully saturated rings. The summed E-state index contributed by atoms with van der Waals surface area (Å²) in [7, 11) is 0. The molecule has 3 rings (SSSR count). The molecule has 0 aliphatic carbocycles. The van der Waals surface area contributed by atoms with E-state index in [2.05, 4.69) is 4.57 Å². The molecule has 1 unspecified atom stereocenters. The van der Waals surface area contributed by atoms with E-state index in [1.165, 1.54) is 12.1 Å². The fourth-order valence-electron chi connectivity index (χ4n) is 2.38. The summed E-state index contributed by atoms with van der Waals surface area (Å²) in [6, 6.07) is 6.67. The fourth-order valence-corrected chi connectivity index (χ4v) is 2.38. The van der Waals surface area contributed by atoms with E-state index >= 15 is 0 Å². The third-order valence-electron chi connectivity index (χ3n) is 3.10. The van der Waals surface area contributed by atoms with Gasteiger partial charge in [-0.25, -0.2) is 4.39 Å². The number of hydrogen-bond donors (Lipinski definition) is 1. The van der Waals surface area contributed by atoms with Gasteiger partial charge in [0.05, 0.1) is 6.10 Å². The Kier molecular flexibility index (Phi) is 1.83. The SMILES string of the molecule is OC1CCCn2c1cc1cc(F)ccc12. The van der Waals surface area contributed by atoms with E-state index in [1.54, 1.807) is 6.07 Å². The largest absolute Gasteiger partial charge is 0.387 e. The Balaban J connectivity index is 2.30. The van der Waals surface area contributed by atoms with Gasteiger partial charge in [-0.2, -0.15) is 0 Å². The lowest BCUT2D eigenvalue weighted by molar-refractivity contribution is 0.140. The highest BCUT2D eigenvalue weighted by atomic mass is 19.1. The van der Waals surface area contributed by atoms with E-state index in [0.717, 1.165) is 36.0 Å². The minimum atomic E-state index is -0.394. The Bertz CT molecular complexity index is 518. The number of aliphatic hydroxyl groups excluding tert-OH is 1. The molecule has 0 spiro atoms. The van der Waals surface area contributed by atoms with Crippen LogP contribution >= 0.6 is 0 Å². The van der Waals surface area contributed by atoms with Gasteiger partial charge in [-0.3, -0.25) is 0 Å². The second-order valence-corrected chi connectivity index (χ2v) is 4.08. The fraction of sp³-hybridized carbons (Fsp3) is 0.333. The quantitative estimate of drug-likeness (QED) is 0.702. The van der Waals surface area contributed by atoms with Crippen LogP contribution in [0.2, 0.25) is 0 Å². The first kappa shape index (κ1) is 8.92. The summed E-state index contributed by atoms with van der Waals surface area (Å²) >= 11 is 0. The highest BCUT2D eigenvalue weighted by molar-refractivity contribution is 5.81. The van der Waals surface area contributed by atoms with Gasteiger partial charge in [0, 0.05) is 23.1 Å². The highest BCUT2D eigenvalue weighted by Crippen LogP contribution is 2.31. The molecule has 1 N–H and O–H groups in total. The number of rotatable bonds is 0. The molecule has 15 heavy (non-hydrogen) atoms. The number of halogens is 1. The van der Waals surface area contributed by atoms with Crippen LogP contribution in [0.25, 0.3) is 10.9 Å². The van der Waals surface area contributed by atoms with Crippen molar-refractivity contribution in [2.24, 2.45) is 0 Å². The lowest BCUT2D eigenvalue weighted by Gasteiger charge is -2.20. The van der Waals surface area contributed by atoms with Gasteiger partial charge in [0.15, 0.2) is 0 Å². The number of benzene rings is 1. The Morgan fingerprint density at radius 3 is 3.07 bits per heavy atom. The lowest BCUT2D eigenvalue weighted by Crippen LogP contribution is -2.14. The van der Waals surface area contributed by atoms with Gasteiger partial charge in [0.2, 0.25) is 0 Å². The summed E-state index contributed by atoms with van der Waals surface area (Å²) in [4.78, 5) is 0. The molecule has 0 amide bonds. The number of nitrogens with zero attached hydrogens (tertiary/aromatic N) is 1. The minimum absolute atomic E-state index is 0.222. The first-order valence-electron chi connectivity index (χ1n) is 5.22. The summed E-state index contributed by atoms with van der Waals surface area (Å²) in [6.45, 7) is 0.918. The minimum Gasteiger partial charge on any atom is -0.387 e. The van der Waals surface area contributed by atoms with Crippen LogP contribution < -0.4 is 0 Å². The first-order chi connectivity index (χ1) is 7.25. The maximum Gasteiger partial charge on any atom is 0.123 e. The van der Waals surface area contributed by atoms with Crippen LogP contribution in [0.1, 0.15) is 24.6 Å². The second kappa shape index (κ2) is 3.07. The molecule has 2 heterocycles. The predicted octanol–water partition coefficient (Wildman–Crippen LogP) is 2.61. The summed E-state index contributed by atoms with van der Waals surface area (Å²) in [5, 5.41) is 10.7. The number of fused-ring (bicyclic) bond motifs is 3. The Labute approximate surface area is 86.9 Å². The van der Waals surface area contributed by atoms with Crippen molar-refractivity contribution in [3.05, 3.63) is 35.8 Å². The zero-order valence-corrected chi connectivity index (χ0v) is 8.28. The molecule has 0 saturated carbocycles. The molecule has 1 aromatic heterocycles. The molecule has 3 heteroatoms. The number of hydrogen-bond acceptors (Lipinski definition) is 1. The molecular weight excluding hydrogens is 193 g/mol. The van der Waals surface area contributed by atoms with Crippen LogP contribution in [0.5, 0.6) is 0 Å². The average molecular weight is 205 g/mol. The van der Waals surface area contributed by atoms with Gasteiger partial charge in [0.25, 0.3) is 0 Å². The molecule has 2 aromatic rings. The summed E-state index contributed by atoms with van der Waals surface area (Å²) in [5.74, 6) is -0.222. The monoisotopic (exact) mass is 205 g/mol. The third kappa shape index (κ3) is 1.27. The molecule has 78 valence electrons. The van der Waals surface area contributed by atoms with E-state index < -0.39 is 6.10 Å². The van der Waals surface area contributed by atoms with Gasteiger partial charge >= 0.3 is 0 Å². The van der Waals surface area contributed by atoms with Crippen molar-refractivity contribution in [2.75, 3.05) is 0 Å². The summed E-state index contributed by atoms with van der Waals surface area (Å²) in [6.07, 6.45) is 1.39. The molecule has 0 saturated heterocycles. The topological polar surface area (TPSA) is 25.2 Å². The van der Waals surface area contributed by atoms with Crippen LogP contribution in [0.15, 0.2) is 24.3 Å². The van der Waals surface area contributed by atoms with Crippen LogP contribution in [0, 0.1) is 5.82 Å². The lowest BCUT2D eigenvalue weighted by atomic mass is 10.1. The maximum atomic E-state index is 13.0. The standard InChI is InChI=1S/C12H12FNO/c13-9-3-4-10-8(6-9)7-11-12(15)2-1-5-14(10)11/h3-4,6-7,12,15H,1-2,5H2. The Morgan fingerprint density at radius 2 is 2.20 bits per heavy atom. The van der Waals surface area contributed by atoms with Crippen molar-refractivity contribution in [3.8, 4) is 0 Å². The zero-order chi connectivity index (χ0) is 10.4. The van der Waals surface area contributed by atoms with Crippen LogP contribution in [0.4, 0.5) is 4.39 Å². The van der Waals surface area contributed by atoms with E-state index in [9.17, 15) is 9.50 Å². The number of aliphatic hydroxyl groups is 1. The van der Waals surface area contributed by atoms with E-state index in [4.69, 9.17) is 0 Å². The van der Waals surface area contributed by atoms with E-state index in [-0.39, 0.29) is 5.82 Å². The van der Waals surface area contributed by atoms with E-state index in [0.29, 0.717) is 0 Å². The molecule has 0 radical (unpaired) electrons. The zero-order valence-electron chi connectivity index (χ0n) is 8.28. The summed E-state index contributed by atoms with van der Waals surface area (Å²) in [5.41, 5.74) is 1.94. The predicted molar refractivity (Wildman–Crippen MR) is 56.1 cm³/mol. The van der Waals surface area contributed by atoms with Gasteiger partial charge in [-0.05, 0) is 37.1 Å². The van der Waals surface area contributed by atoms with Crippen molar-refractivity contribution < 1.29 is 9.50 Å². The molecule has 0 bridgehead atoms. The van der Waals surface area contributed by atoms with Gasteiger partial charge in [0.1, 0.15) is 5.82 Å². The third-order valence-corrected chi connectivity index (χ3v) is 3.10. The van der Waals surface area contributed by atoms with Crippen molar-refractivity contribution >= 4 is 10.9 Å². The van der Waals surface area contributed by atoms with Crippen molar-refractivity contribution in [1.29, 1.82) is 0 Å². The molecule has 1 aromatic carbocycles. The molecule has 2 nitrogen and oxygen atoms in total. The van der Waals surface area contributed by atoms with Gasteiger partial charge in [-0.15, -0.1) is 0 Å². The molecule has 1 aliphatic rings. The van der Waals surface area contributed by atoms with Crippen LogP contribution in [0.3, 0.4) is 0 Å². The number of aromatic nitrogens is 1. The van der Waals surface area contributed by atoms with Crippen molar-refractivity contribution in [2.45, 2.75) is 25.5 Å². The molecular formula is C12H12FNO.